The Kier molecular flexibility index (Phi) is 2.40. The van der Waals surface area contributed by atoms with Gasteiger partial charge in [-0.15, -0.1) is 0 Å². The Labute approximate surface area is 107 Å². The molecule has 5 rings (SSSR count). The van der Waals surface area contributed by atoms with Crippen LogP contribution in [-0.2, 0) is 11.4 Å². The van der Waals surface area contributed by atoms with Crippen molar-refractivity contribution in [2.45, 2.75) is 25.5 Å². The molecule has 3 heterocycles. The van der Waals surface area contributed by atoms with Gasteiger partial charge < -0.3 is 4.84 Å². The molecule has 4 unspecified atom stereocenters. The van der Waals surface area contributed by atoms with Gasteiger partial charge in [0.2, 0.25) is 0 Å². The van der Waals surface area contributed by atoms with Crippen molar-refractivity contribution >= 4 is 5.71 Å². The molecular formula is C15H18N2O. The molecule has 4 atom stereocenters. The van der Waals surface area contributed by atoms with Gasteiger partial charge in [-0.25, -0.2) is 0 Å². The summed E-state index contributed by atoms with van der Waals surface area (Å²) in [6.07, 6.45) is 2.64. The van der Waals surface area contributed by atoms with Crippen molar-refractivity contribution < 1.29 is 4.84 Å². The molecule has 0 amide bonds. The minimum absolute atomic E-state index is 0.590. The fourth-order valence-corrected chi connectivity index (χ4v) is 3.82. The second-order valence-corrected chi connectivity index (χ2v) is 5.78. The maximum Gasteiger partial charge on any atom is 0.142 e. The summed E-state index contributed by atoms with van der Waals surface area (Å²) in [6.45, 7) is 3.10. The summed E-state index contributed by atoms with van der Waals surface area (Å²) >= 11 is 0. The van der Waals surface area contributed by atoms with Crippen molar-refractivity contribution in [3.63, 3.8) is 0 Å². The van der Waals surface area contributed by atoms with Crippen LogP contribution in [0.5, 0.6) is 0 Å². The number of hydrogen-bond acceptors (Lipinski definition) is 3. The SMILES string of the molecule is c1ccc(CO/N=C2/C3CC4CC2N(C4)C3)cc1. The third-order valence-corrected chi connectivity index (χ3v) is 4.57. The van der Waals surface area contributed by atoms with Crippen molar-refractivity contribution in [1.29, 1.82) is 0 Å². The summed E-state index contributed by atoms with van der Waals surface area (Å²) in [5, 5.41) is 4.46. The summed E-state index contributed by atoms with van der Waals surface area (Å²) in [4.78, 5) is 8.15. The van der Waals surface area contributed by atoms with E-state index in [9.17, 15) is 0 Å². The van der Waals surface area contributed by atoms with Gasteiger partial charge in [-0.05, 0) is 24.3 Å². The first-order valence-corrected chi connectivity index (χ1v) is 6.88. The molecule has 4 aliphatic rings. The van der Waals surface area contributed by atoms with Gasteiger partial charge in [-0.2, -0.15) is 0 Å². The smallest absolute Gasteiger partial charge is 0.142 e. The number of benzene rings is 1. The van der Waals surface area contributed by atoms with Gasteiger partial charge in [0.25, 0.3) is 0 Å². The average Bonchev–Trinajstić information content (AvgIpc) is 2.81. The third kappa shape index (κ3) is 1.65. The Morgan fingerprint density at radius 2 is 2.06 bits per heavy atom. The van der Waals surface area contributed by atoms with Crippen LogP contribution in [0.4, 0.5) is 0 Å². The van der Waals surface area contributed by atoms with Crippen molar-refractivity contribution in [1.82, 2.24) is 4.90 Å². The molecule has 3 aliphatic heterocycles. The van der Waals surface area contributed by atoms with Crippen LogP contribution in [0.15, 0.2) is 35.5 Å². The summed E-state index contributed by atoms with van der Waals surface area (Å²) < 4.78 is 0. The molecule has 0 aromatic heterocycles. The Morgan fingerprint density at radius 1 is 1.17 bits per heavy atom. The Balaban J connectivity index is 1.44. The topological polar surface area (TPSA) is 24.8 Å². The van der Waals surface area contributed by atoms with E-state index in [0.29, 0.717) is 18.6 Å². The maximum absolute atomic E-state index is 5.57. The second kappa shape index (κ2) is 4.09. The lowest BCUT2D eigenvalue weighted by molar-refractivity contribution is 0.127. The Hall–Kier alpha value is -1.35. The summed E-state index contributed by atoms with van der Waals surface area (Å²) in [7, 11) is 0. The average molecular weight is 242 g/mol. The monoisotopic (exact) mass is 242 g/mol. The van der Waals surface area contributed by atoms with E-state index in [1.807, 2.05) is 18.2 Å². The van der Waals surface area contributed by atoms with Crippen LogP contribution < -0.4 is 0 Å². The maximum atomic E-state index is 5.57. The van der Waals surface area contributed by atoms with Crippen LogP contribution in [0.3, 0.4) is 0 Å². The van der Waals surface area contributed by atoms with E-state index in [4.69, 9.17) is 4.84 Å². The summed E-state index contributed by atoms with van der Waals surface area (Å²) in [5.74, 6) is 1.61. The first-order valence-electron chi connectivity index (χ1n) is 6.88. The van der Waals surface area contributed by atoms with E-state index in [1.165, 1.54) is 37.2 Å². The largest absolute Gasteiger partial charge is 0.391 e. The van der Waals surface area contributed by atoms with Crippen LogP contribution in [0.25, 0.3) is 0 Å². The first-order chi connectivity index (χ1) is 8.90. The second-order valence-electron chi connectivity index (χ2n) is 5.78. The zero-order valence-electron chi connectivity index (χ0n) is 10.5. The minimum atomic E-state index is 0.590. The highest BCUT2D eigenvalue weighted by Crippen LogP contribution is 2.43. The molecule has 0 spiro atoms. The van der Waals surface area contributed by atoms with E-state index in [-0.39, 0.29) is 0 Å². The molecule has 94 valence electrons. The quantitative estimate of drug-likeness (QED) is 0.760. The number of nitrogens with zero attached hydrogens (tertiary/aromatic N) is 2. The molecule has 4 fully saturated rings. The van der Waals surface area contributed by atoms with E-state index < -0.39 is 0 Å². The van der Waals surface area contributed by atoms with Crippen LogP contribution >= 0.6 is 0 Å². The van der Waals surface area contributed by atoms with E-state index in [0.717, 1.165) is 5.92 Å². The highest BCUT2D eigenvalue weighted by molar-refractivity contribution is 5.94. The Morgan fingerprint density at radius 3 is 2.89 bits per heavy atom. The zero-order chi connectivity index (χ0) is 11.9. The molecule has 0 radical (unpaired) electrons. The molecule has 1 aromatic rings. The fourth-order valence-electron chi connectivity index (χ4n) is 3.82. The molecule has 0 N–H and O–H groups in total. The number of oxime groups is 1. The lowest BCUT2D eigenvalue weighted by Crippen LogP contribution is -2.28. The van der Waals surface area contributed by atoms with Crippen LogP contribution in [0.1, 0.15) is 18.4 Å². The number of hydrogen-bond donors (Lipinski definition) is 0. The van der Waals surface area contributed by atoms with E-state index in [2.05, 4.69) is 22.2 Å². The van der Waals surface area contributed by atoms with Gasteiger partial charge in [-0.3, -0.25) is 4.90 Å². The number of rotatable bonds is 3. The van der Waals surface area contributed by atoms with Gasteiger partial charge in [0.1, 0.15) is 6.61 Å². The molecular weight excluding hydrogens is 224 g/mol. The predicted molar refractivity (Wildman–Crippen MR) is 70.2 cm³/mol. The zero-order valence-corrected chi connectivity index (χ0v) is 10.5. The fraction of sp³-hybridized carbons (Fsp3) is 0.533. The van der Waals surface area contributed by atoms with Gasteiger partial charge in [0.05, 0.1) is 11.8 Å². The highest BCUT2D eigenvalue weighted by atomic mass is 16.6. The minimum Gasteiger partial charge on any atom is -0.391 e. The third-order valence-electron chi connectivity index (χ3n) is 4.57. The summed E-state index contributed by atoms with van der Waals surface area (Å²) in [6, 6.07) is 10.9. The molecule has 3 saturated heterocycles. The van der Waals surface area contributed by atoms with Crippen molar-refractivity contribution in [3.8, 4) is 0 Å². The molecule has 1 saturated carbocycles. The molecule has 4 bridgehead atoms. The standard InChI is InChI=1S/C15H18N2O/c1-2-4-11(5-3-1)10-18-16-15-13-6-12-7-14(15)17(8-12)9-13/h1-5,12-14H,6-10H2/b16-15-. The molecule has 18 heavy (non-hydrogen) atoms. The number of piperidine rings is 1. The van der Waals surface area contributed by atoms with Gasteiger partial charge in [0.15, 0.2) is 0 Å². The van der Waals surface area contributed by atoms with E-state index in [1.54, 1.807) is 0 Å². The van der Waals surface area contributed by atoms with Crippen molar-refractivity contribution in [2.75, 3.05) is 13.1 Å². The predicted octanol–water partition coefficient (Wildman–Crippen LogP) is 2.28. The molecule has 1 aliphatic carbocycles. The van der Waals surface area contributed by atoms with Crippen molar-refractivity contribution in [3.05, 3.63) is 35.9 Å². The lowest BCUT2D eigenvalue weighted by atomic mass is 9.82. The molecule has 3 nitrogen and oxygen atoms in total. The van der Waals surface area contributed by atoms with E-state index >= 15 is 0 Å². The first kappa shape index (κ1) is 10.6. The molecule has 3 heteroatoms. The summed E-state index contributed by atoms with van der Waals surface area (Å²) in [5.41, 5.74) is 2.51. The van der Waals surface area contributed by atoms with Gasteiger partial charge in [-0.1, -0.05) is 35.5 Å². The van der Waals surface area contributed by atoms with Crippen LogP contribution in [0, 0.1) is 11.8 Å². The van der Waals surface area contributed by atoms with Crippen LogP contribution in [0.2, 0.25) is 0 Å². The van der Waals surface area contributed by atoms with Gasteiger partial charge >= 0.3 is 0 Å². The highest BCUT2D eigenvalue weighted by Gasteiger charge is 2.51. The van der Waals surface area contributed by atoms with Gasteiger partial charge in [0, 0.05) is 19.0 Å². The van der Waals surface area contributed by atoms with Crippen LogP contribution in [-0.4, -0.2) is 29.7 Å². The Bertz CT molecular complexity index is 467. The lowest BCUT2D eigenvalue weighted by Gasteiger charge is -2.24. The normalized spacial score (nSPS) is 38.6. The van der Waals surface area contributed by atoms with Crippen molar-refractivity contribution in [2.24, 2.45) is 17.0 Å². The molecule has 1 aromatic carbocycles.